The van der Waals surface area contributed by atoms with Gasteiger partial charge in [-0.1, -0.05) is 6.07 Å². The van der Waals surface area contributed by atoms with Gasteiger partial charge in [-0.3, -0.25) is 19.6 Å². The van der Waals surface area contributed by atoms with E-state index in [1.807, 2.05) is 68.4 Å². The van der Waals surface area contributed by atoms with Gasteiger partial charge in [-0.25, -0.2) is 0 Å². The summed E-state index contributed by atoms with van der Waals surface area (Å²) in [6.07, 6.45) is 9.69. The van der Waals surface area contributed by atoms with Gasteiger partial charge in [-0.05, 0) is 120 Å². The third kappa shape index (κ3) is 10.3. The lowest BCUT2D eigenvalue weighted by molar-refractivity contribution is 0.0719. The fraction of sp³-hybridized carbons (Fsp3) is 0.302. The van der Waals surface area contributed by atoms with Crippen LogP contribution in [0.3, 0.4) is 0 Å². The molecule has 1 N–H and O–H groups in total. The molecule has 71 heavy (non-hydrogen) atoms. The van der Waals surface area contributed by atoms with E-state index in [9.17, 15) is 20.1 Å². The molecule has 2 fully saturated rings. The van der Waals surface area contributed by atoms with Crippen molar-refractivity contribution in [2.24, 2.45) is 0 Å². The molecule has 10 rings (SSSR count). The first-order chi connectivity index (χ1) is 34.7. The molecule has 3 aliphatic heterocycles. The van der Waals surface area contributed by atoms with Gasteiger partial charge >= 0.3 is 0 Å². The summed E-state index contributed by atoms with van der Waals surface area (Å²) in [5, 5.41) is 40.4. The highest BCUT2D eigenvalue weighted by atomic mass is 32.1. The fourth-order valence-corrected chi connectivity index (χ4v) is 10.5. The van der Waals surface area contributed by atoms with Crippen molar-refractivity contribution in [1.82, 2.24) is 45.0 Å². The van der Waals surface area contributed by atoms with Crippen LogP contribution in [-0.4, -0.2) is 96.4 Å². The minimum Gasteiger partial charge on any atom is -0.490 e. The number of nitriles is 2. The molecule has 0 radical (unpaired) electrons. The van der Waals surface area contributed by atoms with Crippen LogP contribution in [0, 0.1) is 36.5 Å². The van der Waals surface area contributed by atoms with E-state index < -0.39 is 0 Å². The maximum atomic E-state index is 14.6. The summed E-state index contributed by atoms with van der Waals surface area (Å²) in [5.41, 5.74) is 7.54. The number of nitrogens with one attached hydrogen (secondary N) is 1. The Morgan fingerprint density at radius 1 is 0.732 bits per heavy atom. The molecule has 5 aromatic heterocycles. The Kier molecular flexibility index (Phi) is 13.5. The van der Waals surface area contributed by atoms with Crippen molar-refractivity contribution < 1.29 is 19.1 Å². The predicted molar refractivity (Wildman–Crippen MR) is 265 cm³/mol. The maximum absolute atomic E-state index is 14.6. The van der Waals surface area contributed by atoms with E-state index in [1.54, 1.807) is 54.0 Å². The fourth-order valence-electron chi connectivity index (χ4n) is 9.53. The van der Waals surface area contributed by atoms with Crippen LogP contribution in [0.15, 0.2) is 104 Å². The van der Waals surface area contributed by atoms with Gasteiger partial charge in [0.15, 0.2) is 23.0 Å². The molecule has 356 valence electrons. The second-order valence-corrected chi connectivity index (χ2v) is 18.8. The summed E-state index contributed by atoms with van der Waals surface area (Å²) in [7, 11) is 0. The highest BCUT2D eigenvalue weighted by Gasteiger charge is 2.36. The van der Waals surface area contributed by atoms with Gasteiger partial charge in [0.1, 0.15) is 23.7 Å². The third-order valence-electron chi connectivity index (χ3n) is 13.2. The molecule has 8 heterocycles. The van der Waals surface area contributed by atoms with Gasteiger partial charge < -0.3 is 29.5 Å². The van der Waals surface area contributed by atoms with Crippen LogP contribution in [-0.2, 0) is 13.1 Å². The average Bonchev–Trinajstić information content (AvgIpc) is 3.85. The Hall–Kier alpha value is -8.35. The normalized spacial score (nSPS) is 16.1. The minimum absolute atomic E-state index is 0.00684. The number of hydrogen-bond donors (Lipinski definition) is 1. The Labute approximate surface area is 414 Å². The predicted octanol–water partition coefficient (Wildman–Crippen LogP) is 7.35. The topological polar surface area (TPSA) is 212 Å². The van der Waals surface area contributed by atoms with Crippen LogP contribution in [0.1, 0.15) is 96.4 Å². The number of anilines is 2. The lowest BCUT2D eigenvalue weighted by Gasteiger charge is -2.35. The lowest BCUT2D eigenvalue weighted by Crippen LogP contribution is -2.40. The van der Waals surface area contributed by atoms with E-state index in [4.69, 9.17) is 13.8 Å². The van der Waals surface area contributed by atoms with Crippen molar-refractivity contribution in [3.8, 4) is 34.9 Å². The molecule has 0 spiro atoms. The molecule has 1 atom stereocenters. The maximum Gasteiger partial charge on any atom is 0.274 e. The first-order valence-electron chi connectivity index (χ1n) is 23.6. The number of benzene rings is 2. The Morgan fingerprint density at radius 2 is 1.39 bits per heavy atom. The smallest absolute Gasteiger partial charge is 0.274 e. The molecule has 3 aliphatic rings. The molecule has 18 heteroatoms. The van der Waals surface area contributed by atoms with Crippen molar-refractivity contribution in [2.75, 3.05) is 42.5 Å². The van der Waals surface area contributed by atoms with E-state index in [1.165, 1.54) is 11.5 Å². The minimum atomic E-state index is -0.315. The number of aromatic nitrogens is 7. The first kappa shape index (κ1) is 46.4. The summed E-state index contributed by atoms with van der Waals surface area (Å²) in [4.78, 5) is 43.0. The molecule has 0 saturated carbocycles. The van der Waals surface area contributed by atoms with Crippen molar-refractivity contribution in [2.45, 2.75) is 70.7 Å². The van der Waals surface area contributed by atoms with Crippen LogP contribution >= 0.6 is 11.5 Å². The molecular weight excluding hydrogens is 915 g/mol. The Balaban J connectivity index is 0.830. The van der Waals surface area contributed by atoms with Gasteiger partial charge in [0.25, 0.3) is 11.8 Å². The Bertz CT molecular complexity index is 3160. The second-order valence-electron chi connectivity index (χ2n) is 18.0. The van der Waals surface area contributed by atoms with Crippen molar-refractivity contribution in [3.05, 3.63) is 159 Å². The van der Waals surface area contributed by atoms with Crippen LogP contribution in [0.2, 0.25) is 0 Å². The van der Waals surface area contributed by atoms with Crippen molar-refractivity contribution in [3.63, 3.8) is 0 Å². The lowest BCUT2D eigenvalue weighted by atomic mass is 9.88. The zero-order valence-corrected chi connectivity index (χ0v) is 40.0. The van der Waals surface area contributed by atoms with Crippen LogP contribution in [0.25, 0.3) is 11.3 Å². The van der Waals surface area contributed by atoms with E-state index in [-0.39, 0.29) is 41.3 Å². The zero-order valence-electron chi connectivity index (χ0n) is 39.2. The van der Waals surface area contributed by atoms with E-state index in [0.29, 0.717) is 81.3 Å². The van der Waals surface area contributed by atoms with Crippen LogP contribution in [0.4, 0.5) is 11.6 Å². The molecule has 0 bridgehead atoms. The van der Waals surface area contributed by atoms with Crippen molar-refractivity contribution in [1.29, 1.82) is 10.5 Å². The molecule has 7 aromatic rings. The number of amides is 2. The molecule has 0 aliphatic carbocycles. The van der Waals surface area contributed by atoms with E-state index >= 15 is 0 Å². The van der Waals surface area contributed by atoms with Crippen LogP contribution < -0.4 is 24.6 Å². The van der Waals surface area contributed by atoms with Crippen LogP contribution in [0.5, 0.6) is 11.5 Å². The number of aryl methyl sites for hydroxylation is 2. The molecule has 1 unspecified atom stereocenters. The second kappa shape index (κ2) is 20.7. The van der Waals surface area contributed by atoms with Gasteiger partial charge in [-0.2, -0.15) is 14.9 Å². The van der Waals surface area contributed by atoms with Gasteiger partial charge in [-0.15, -0.1) is 20.4 Å². The summed E-state index contributed by atoms with van der Waals surface area (Å²) in [6.45, 7) is 7.63. The number of carbonyl (C=O) groups is 2. The number of fused-ring (bicyclic) bond motifs is 1. The summed E-state index contributed by atoms with van der Waals surface area (Å²) in [6, 6.07) is 28.5. The SMILES string of the molecule is Cc1cc(C(=O)NCc2ccncc2)nnc1N1CCC(Oc2cc(C#N)cc(C3CN(C(=O)c4cc(C)c(N5CCC(Oc6cccc(C#N)c6)CC5)nn4)Cc4c(-c5cccnc5)nsc43)c2)CC1. The highest BCUT2D eigenvalue weighted by molar-refractivity contribution is 7.06. The van der Waals surface area contributed by atoms with E-state index in [0.717, 1.165) is 68.4 Å². The summed E-state index contributed by atoms with van der Waals surface area (Å²) >= 11 is 1.40. The number of carbonyl (C=O) groups excluding carboxylic acids is 2. The van der Waals surface area contributed by atoms with Gasteiger partial charge in [0.05, 0.1) is 29.0 Å². The molecular formula is C53H49N13O4S. The molecule has 2 aromatic carbocycles. The summed E-state index contributed by atoms with van der Waals surface area (Å²) < 4.78 is 17.8. The van der Waals surface area contributed by atoms with Gasteiger partial charge in [0.2, 0.25) is 0 Å². The standard InChI is InChI=1S/C53H49N13O4S/c1-33-21-46(52(67)58-29-35-8-15-56-16-9-35)59-61-50(33)64-19-12-41(13-20-64)70-43-25-37(28-55)23-39(26-43)44-31-66(32-45-48(63-71-49(44)45)38-6-4-14-57-30-38)53(68)47-22-34(2)51(62-60-47)65-17-10-40(11-18-65)69-42-7-3-5-36(24-42)27-54/h3-9,14-16,21-26,30,40-41,44H,10-13,17-20,29,31-32H2,1-2H3,(H,58,67). The molecule has 17 nitrogen and oxygen atoms in total. The number of ether oxygens (including phenoxy) is 2. The highest BCUT2D eigenvalue weighted by Crippen LogP contribution is 2.43. The quantitative estimate of drug-likeness (QED) is 0.127. The summed E-state index contributed by atoms with van der Waals surface area (Å²) in [5.74, 6) is 1.86. The number of hydrogen-bond acceptors (Lipinski definition) is 16. The van der Waals surface area contributed by atoms with Gasteiger partial charge in [0, 0.05) is 118 Å². The number of rotatable bonds is 12. The molecule has 2 saturated heterocycles. The first-order valence-corrected chi connectivity index (χ1v) is 24.4. The number of pyridine rings is 2. The Morgan fingerprint density at radius 3 is 2.06 bits per heavy atom. The number of nitrogens with zero attached hydrogens (tertiary/aromatic N) is 12. The largest absolute Gasteiger partial charge is 0.490 e. The van der Waals surface area contributed by atoms with Crippen molar-refractivity contribution >= 4 is 35.0 Å². The molecule has 2 amide bonds. The average molecular weight is 964 g/mol. The zero-order chi connectivity index (χ0) is 48.8. The number of piperidine rings is 2. The van der Waals surface area contributed by atoms with E-state index in [2.05, 4.69) is 57.6 Å². The third-order valence-corrected chi connectivity index (χ3v) is 14.2. The monoisotopic (exact) mass is 963 g/mol.